The van der Waals surface area contributed by atoms with Crippen molar-refractivity contribution in [3.63, 3.8) is 0 Å². The van der Waals surface area contributed by atoms with Crippen molar-refractivity contribution in [3.05, 3.63) is 35.4 Å². The normalized spacial score (nSPS) is 10.3. The molecule has 0 atom stereocenters. The fourth-order valence-electron chi connectivity index (χ4n) is 1.56. The lowest BCUT2D eigenvalue weighted by Crippen LogP contribution is -2.22. The third kappa shape index (κ3) is 2.80. The Labute approximate surface area is 121 Å². The van der Waals surface area contributed by atoms with Crippen LogP contribution in [0.1, 0.15) is 21.9 Å². The number of nitrogens with two attached hydrogens (primary N) is 1. The number of thiocarbonyl (C=S) groups is 1. The second-order valence-corrected chi connectivity index (χ2v) is 4.84. The lowest BCUT2D eigenvalue weighted by Gasteiger charge is -2.07. The predicted molar refractivity (Wildman–Crippen MR) is 77.8 cm³/mol. The van der Waals surface area contributed by atoms with Gasteiger partial charge in [-0.15, -0.1) is 0 Å². The van der Waals surface area contributed by atoms with Crippen LogP contribution in [-0.4, -0.2) is 49.6 Å². The molecule has 2 aromatic rings. The molecule has 1 amide bonds. The molecule has 20 heavy (non-hydrogen) atoms. The molecule has 2 N–H and O–H groups in total. The van der Waals surface area contributed by atoms with E-state index in [0.717, 1.165) is 0 Å². The van der Waals surface area contributed by atoms with Crippen molar-refractivity contribution < 1.29 is 4.79 Å². The minimum atomic E-state index is -0.189. The molecule has 0 bridgehead atoms. The molecule has 0 aliphatic rings. The first kappa shape index (κ1) is 14.1. The van der Waals surface area contributed by atoms with Gasteiger partial charge < -0.3 is 10.6 Å². The zero-order chi connectivity index (χ0) is 14.9. The van der Waals surface area contributed by atoms with Crippen LogP contribution < -0.4 is 5.73 Å². The van der Waals surface area contributed by atoms with Crippen LogP contribution in [0.2, 0.25) is 0 Å². The minimum Gasteiger partial charge on any atom is -0.388 e. The van der Waals surface area contributed by atoms with E-state index in [2.05, 4.69) is 15.1 Å². The Kier molecular flexibility index (Phi) is 3.75. The molecule has 0 saturated heterocycles. The summed E-state index contributed by atoms with van der Waals surface area (Å²) in [5.74, 6) is 0.136. The van der Waals surface area contributed by atoms with E-state index in [1.54, 1.807) is 32.4 Å². The number of aryl methyl sites for hydroxylation is 1. The first-order valence-corrected chi connectivity index (χ1v) is 6.22. The van der Waals surface area contributed by atoms with Crippen LogP contribution in [0.3, 0.4) is 0 Å². The number of amides is 1. The number of nitrogens with zero attached hydrogens (tertiary/aromatic N) is 5. The Morgan fingerprint density at radius 2 is 2.05 bits per heavy atom. The Bertz CT molecular complexity index is 678. The number of hydrogen-bond donors (Lipinski definition) is 1. The van der Waals surface area contributed by atoms with Gasteiger partial charge in [-0.1, -0.05) is 12.2 Å². The largest absolute Gasteiger partial charge is 0.388 e. The maximum absolute atomic E-state index is 11.8. The summed E-state index contributed by atoms with van der Waals surface area (Å²) >= 11 is 4.91. The molecule has 0 aliphatic carbocycles. The summed E-state index contributed by atoms with van der Waals surface area (Å²) in [6, 6.07) is 3.30. The quantitative estimate of drug-likeness (QED) is 0.818. The van der Waals surface area contributed by atoms with Crippen LogP contribution in [0.25, 0.3) is 5.95 Å². The van der Waals surface area contributed by atoms with Crippen LogP contribution in [0.4, 0.5) is 0 Å². The molecule has 104 valence electrons. The van der Waals surface area contributed by atoms with Crippen LogP contribution >= 0.6 is 12.2 Å². The van der Waals surface area contributed by atoms with E-state index in [1.807, 2.05) is 6.92 Å². The summed E-state index contributed by atoms with van der Waals surface area (Å²) in [5, 5.41) is 4.16. The number of hydrogen-bond acceptors (Lipinski definition) is 5. The van der Waals surface area contributed by atoms with Crippen LogP contribution in [0.5, 0.6) is 0 Å². The van der Waals surface area contributed by atoms with Crippen molar-refractivity contribution in [1.29, 1.82) is 0 Å². The summed E-state index contributed by atoms with van der Waals surface area (Å²) in [5.41, 5.74) is 7.08. The molecule has 0 aliphatic heterocycles. The molecule has 2 aromatic heterocycles. The fourth-order valence-corrected chi connectivity index (χ4v) is 1.66. The van der Waals surface area contributed by atoms with E-state index >= 15 is 0 Å². The first-order valence-electron chi connectivity index (χ1n) is 5.81. The second kappa shape index (κ2) is 5.33. The van der Waals surface area contributed by atoms with Gasteiger partial charge >= 0.3 is 0 Å². The van der Waals surface area contributed by atoms with E-state index in [4.69, 9.17) is 18.0 Å². The van der Waals surface area contributed by atoms with E-state index in [-0.39, 0.29) is 10.9 Å². The fraction of sp³-hybridized carbons (Fsp3) is 0.250. The highest BCUT2D eigenvalue weighted by atomic mass is 32.1. The Morgan fingerprint density at radius 3 is 2.65 bits per heavy atom. The third-order valence-electron chi connectivity index (χ3n) is 2.51. The molecule has 0 spiro atoms. The van der Waals surface area contributed by atoms with E-state index in [1.165, 1.54) is 9.58 Å². The summed E-state index contributed by atoms with van der Waals surface area (Å²) < 4.78 is 1.42. The van der Waals surface area contributed by atoms with E-state index in [9.17, 15) is 4.79 Å². The monoisotopic (exact) mass is 290 g/mol. The summed E-state index contributed by atoms with van der Waals surface area (Å²) in [4.78, 5) is 21.9. The number of aromatic nitrogens is 4. The topological polar surface area (TPSA) is 89.9 Å². The lowest BCUT2D eigenvalue weighted by molar-refractivity contribution is 0.0821. The van der Waals surface area contributed by atoms with Gasteiger partial charge in [0.1, 0.15) is 10.7 Å². The Hall–Kier alpha value is -2.35. The van der Waals surface area contributed by atoms with Crippen LogP contribution in [-0.2, 0) is 0 Å². The average molecular weight is 290 g/mol. The number of carbonyl (C=O) groups is 1. The van der Waals surface area contributed by atoms with E-state index < -0.39 is 0 Å². The van der Waals surface area contributed by atoms with Gasteiger partial charge in [0, 0.05) is 26.0 Å². The SMILES string of the molecule is Cc1cc(C(N)=S)nc(-n2ccc(C(=O)N(C)C)n2)n1. The van der Waals surface area contributed by atoms with Gasteiger partial charge in [-0.05, 0) is 19.1 Å². The third-order valence-corrected chi connectivity index (χ3v) is 2.72. The highest BCUT2D eigenvalue weighted by molar-refractivity contribution is 7.80. The standard InChI is InChI=1S/C12H14N6OS/c1-7-6-9(10(13)20)15-12(14-7)18-5-4-8(16-18)11(19)17(2)3/h4-6H,1-3H3,(H2,13,20). The molecule has 0 saturated carbocycles. The van der Waals surface area contributed by atoms with Crippen molar-refractivity contribution >= 4 is 23.1 Å². The van der Waals surface area contributed by atoms with Crippen LogP contribution in [0, 0.1) is 6.92 Å². The summed E-state index contributed by atoms with van der Waals surface area (Å²) in [7, 11) is 3.32. The lowest BCUT2D eigenvalue weighted by atomic mass is 10.3. The molecule has 0 radical (unpaired) electrons. The van der Waals surface area contributed by atoms with Crippen molar-refractivity contribution in [1.82, 2.24) is 24.6 Å². The molecule has 2 rings (SSSR count). The van der Waals surface area contributed by atoms with Gasteiger partial charge in [0.2, 0.25) is 0 Å². The molecule has 0 unspecified atom stereocenters. The molecular formula is C12H14N6OS. The Balaban J connectivity index is 2.42. The molecule has 0 fully saturated rings. The maximum Gasteiger partial charge on any atom is 0.273 e. The zero-order valence-electron chi connectivity index (χ0n) is 11.4. The van der Waals surface area contributed by atoms with Crippen molar-refractivity contribution in [3.8, 4) is 5.95 Å². The molecule has 8 heteroatoms. The number of rotatable bonds is 3. The second-order valence-electron chi connectivity index (χ2n) is 4.40. The summed E-state index contributed by atoms with van der Waals surface area (Å²) in [6.45, 7) is 1.81. The molecule has 2 heterocycles. The van der Waals surface area contributed by atoms with Crippen molar-refractivity contribution in [2.45, 2.75) is 6.92 Å². The zero-order valence-corrected chi connectivity index (χ0v) is 12.2. The average Bonchev–Trinajstić information content (AvgIpc) is 2.86. The van der Waals surface area contributed by atoms with Crippen molar-refractivity contribution in [2.75, 3.05) is 14.1 Å². The smallest absolute Gasteiger partial charge is 0.273 e. The van der Waals surface area contributed by atoms with Crippen molar-refractivity contribution in [2.24, 2.45) is 5.73 Å². The first-order chi connectivity index (χ1) is 9.38. The minimum absolute atomic E-state index is 0.188. The van der Waals surface area contributed by atoms with Gasteiger partial charge in [0.15, 0.2) is 5.69 Å². The predicted octanol–water partition coefficient (Wildman–Crippen LogP) is 0.307. The van der Waals surface area contributed by atoms with Gasteiger partial charge in [-0.3, -0.25) is 4.79 Å². The number of carbonyl (C=O) groups excluding carboxylic acids is 1. The highest BCUT2D eigenvalue weighted by Crippen LogP contribution is 2.07. The van der Waals surface area contributed by atoms with E-state index in [0.29, 0.717) is 23.0 Å². The Morgan fingerprint density at radius 1 is 1.35 bits per heavy atom. The van der Waals surface area contributed by atoms with Gasteiger partial charge in [-0.2, -0.15) is 5.10 Å². The molecule has 7 nitrogen and oxygen atoms in total. The highest BCUT2D eigenvalue weighted by Gasteiger charge is 2.13. The maximum atomic E-state index is 11.8. The molecule has 0 aromatic carbocycles. The van der Waals surface area contributed by atoms with Gasteiger partial charge in [0.25, 0.3) is 11.9 Å². The van der Waals surface area contributed by atoms with Gasteiger partial charge in [-0.25, -0.2) is 14.6 Å². The molecular weight excluding hydrogens is 276 g/mol. The summed E-state index contributed by atoms with van der Waals surface area (Å²) in [6.07, 6.45) is 1.62. The van der Waals surface area contributed by atoms with Gasteiger partial charge in [0.05, 0.1) is 0 Å². The van der Waals surface area contributed by atoms with Crippen LogP contribution in [0.15, 0.2) is 18.3 Å².